The number of hydrogen-bond donors (Lipinski definition) is 0. The number of nitrogens with zero attached hydrogens (tertiary/aromatic N) is 2. The number of fused-ring (bicyclic) bond motifs is 10. The highest BCUT2D eigenvalue weighted by molar-refractivity contribution is 7.06. The summed E-state index contributed by atoms with van der Waals surface area (Å²) in [5.41, 5.74) is 25.8. The molecule has 0 spiro atoms. The van der Waals surface area contributed by atoms with Crippen molar-refractivity contribution in [2.24, 2.45) is 0 Å². The van der Waals surface area contributed by atoms with Gasteiger partial charge in [0, 0.05) is 34.1 Å². The Balaban J connectivity index is 1.35. The van der Waals surface area contributed by atoms with E-state index in [1.54, 1.807) is 0 Å². The van der Waals surface area contributed by atoms with Crippen LogP contribution in [-0.2, 0) is 21.7 Å². The summed E-state index contributed by atoms with van der Waals surface area (Å²) in [4.78, 5) is 5.38. The molecule has 4 aliphatic rings. The molecule has 7 aromatic carbocycles. The second-order valence-corrected chi connectivity index (χ2v) is 23.1. The first-order valence-corrected chi connectivity index (χ1v) is 23.3. The van der Waals surface area contributed by atoms with E-state index in [2.05, 4.69) is 232 Å². The monoisotopic (exact) mass is 816 g/mol. The Morgan fingerprint density at radius 3 is 0.873 bits per heavy atom. The molecule has 0 aromatic heterocycles. The van der Waals surface area contributed by atoms with Gasteiger partial charge in [-0.05, 0) is 106 Å². The van der Waals surface area contributed by atoms with Gasteiger partial charge in [0.25, 0.3) is 6.71 Å². The molecule has 2 nitrogen and oxygen atoms in total. The number of rotatable bonds is 2. The zero-order valence-corrected chi connectivity index (χ0v) is 39.4. The smallest absolute Gasteiger partial charge is 0.252 e. The van der Waals surface area contributed by atoms with Crippen molar-refractivity contribution in [2.75, 3.05) is 9.80 Å². The lowest BCUT2D eigenvalue weighted by molar-refractivity contribution is 0.590. The zero-order chi connectivity index (χ0) is 44.1. The average Bonchev–Trinajstić information content (AvgIpc) is 3.24. The number of benzene rings is 7. The average molecular weight is 817 g/mol. The molecule has 4 heterocycles. The van der Waals surface area contributed by atoms with Crippen LogP contribution in [0.25, 0.3) is 0 Å². The maximum absolute atomic E-state index is 2.69. The molecule has 7 aromatic rings. The second-order valence-electron chi connectivity index (χ2n) is 23.1. The summed E-state index contributed by atoms with van der Waals surface area (Å²) in [7, 11) is 0. The van der Waals surface area contributed by atoms with Gasteiger partial charge >= 0.3 is 0 Å². The Morgan fingerprint density at radius 2 is 0.587 bits per heavy atom. The molecule has 0 radical (unpaired) electrons. The summed E-state index contributed by atoms with van der Waals surface area (Å²) in [6, 6.07) is 55.1. The highest BCUT2D eigenvalue weighted by atomic mass is 15.2. The van der Waals surface area contributed by atoms with E-state index in [1.807, 2.05) is 0 Å². The number of anilines is 6. The van der Waals surface area contributed by atoms with E-state index < -0.39 is 0 Å². The summed E-state index contributed by atoms with van der Waals surface area (Å²) < 4.78 is 0. The molecule has 0 N–H and O–H groups in total. The van der Waals surface area contributed by atoms with Gasteiger partial charge < -0.3 is 9.80 Å². The standard InChI is InChI=1S/C58H59B3N2/c1-55(2,3)36-23-27-48-42(31-36)59(40-19-15-13-16-20-40)46-35-47-54-52-53(46)62(48)50-29-25-38(57(7,8)9)33-44(50)61(52)45-34-39(58(10,11)12)26-30-51(45)63(54)49-28-24-37(56(4,5)6)32-43(49)60(47)41-21-17-14-18-22-41/h13-35H,1-12H3. The van der Waals surface area contributed by atoms with Crippen molar-refractivity contribution in [3.8, 4) is 0 Å². The lowest BCUT2D eigenvalue weighted by atomic mass is 9.26. The maximum atomic E-state index is 2.69. The first-order chi connectivity index (χ1) is 29.8. The lowest BCUT2D eigenvalue weighted by Gasteiger charge is -2.51. The minimum atomic E-state index is -0.0186. The molecule has 0 amide bonds. The molecule has 0 unspecified atom stereocenters. The Labute approximate surface area is 378 Å². The third kappa shape index (κ3) is 6.01. The fourth-order valence-corrected chi connectivity index (χ4v) is 11.3. The summed E-state index contributed by atoms with van der Waals surface area (Å²) in [5.74, 6) is 0. The molecule has 0 saturated heterocycles. The van der Waals surface area contributed by atoms with Gasteiger partial charge in [0.05, 0.1) is 0 Å². The van der Waals surface area contributed by atoms with Gasteiger partial charge in [-0.1, -0.05) is 209 Å². The van der Waals surface area contributed by atoms with Crippen LogP contribution < -0.4 is 59.0 Å². The van der Waals surface area contributed by atoms with E-state index in [0.29, 0.717) is 0 Å². The highest BCUT2D eigenvalue weighted by Crippen LogP contribution is 2.46. The molecular weight excluding hydrogens is 757 g/mol. The molecule has 0 atom stereocenters. The first kappa shape index (κ1) is 40.1. The second kappa shape index (κ2) is 13.4. The largest absolute Gasteiger partial charge is 0.312 e. The maximum Gasteiger partial charge on any atom is 0.252 e. The van der Waals surface area contributed by atoms with Crippen molar-refractivity contribution >= 4 is 103 Å². The van der Waals surface area contributed by atoms with Gasteiger partial charge in [-0.25, -0.2) is 0 Å². The molecule has 5 heteroatoms. The fourth-order valence-electron chi connectivity index (χ4n) is 11.3. The molecule has 0 fully saturated rings. The van der Waals surface area contributed by atoms with Crippen molar-refractivity contribution in [1.82, 2.24) is 0 Å². The molecule has 0 saturated carbocycles. The topological polar surface area (TPSA) is 6.48 Å². The van der Waals surface area contributed by atoms with Crippen molar-refractivity contribution in [3.63, 3.8) is 0 Å². The fraction of sp³-hybridized carbons (Fsp3) is 0.276. The van der Waals surface area contributed by atoms with Crippen LogP contribution >= 0.6 is 0 Å². The van der Waals surface area contributed by atoms with Gasteiger partial charge in [-0.2, -0.15) is 0 Å². The first-order valence-electron chi connectivity index (χ1n) is 23.3. The van der Waals surface area contributed by atoms with Crippen molar-refractivity contribution < 1.29 is 0 Å². The molecule has 0 bridgehead atoms. The van der Waals surface area contributed by atoms with E-state index in [0.717, 1.165) is 0 Å². The van der Waals surface area contributed by atoms with Crippen molar-refractivity contribution in [2.45, 2.75) is 105 Å². The third-order valence-corrected chi connectivity index (χ3v) is 14.8. The number of hydrogen-bond acceptors (Lipinski definition) is 2. The zero-order valence-electron chi connectivity index (χ0n) is 39.4. The molecular formula is C58H59B3N2. The van der Waals surface area contributed by atoms with Crippen LogP contribution in [-0.4, -0.2) is 20.1 Å². The Morgan fingerprint density at radius 1 is 0.302 bits per heavy atom. The van der Waals surface area contributed by atoms with Crippen LogP contribution in [0.4, 0.5) is 34.1 Å². The molecule has 11 rings (SSSR count). The Kier molecular flexibility index (Phi) is 8.55. The van der Waals surface area contributed by atoms with Gasteiger partial charge in [-0.3, -0.25) is 0 Å². The summed E-state index contributed by atoms with van der Waals surface area (Å²) in [5, 5.41) is 0. The Bertz CT molecular complexity index is 2810. The van der Waals surface area contributed by atoms with Crippen LogP contribution in [0.1, 0.15) is 105 Å². The van der Waals surface area contributed by atoms with E-state index >= 15 is 0 Å². The van der Waals surface area contributed by atoms with Gasteiger partial charge in [-0.15, -0.1) is 0 Å². The lowest BCUT2D eigenvalue weighted by Crippen LogP contribution is -2.71. The van der Waals surface area contributed by atoms with Crippen LogP contribution in [0.3, 0.4) is 0 Å². The van der Waals surface area contributed by atoms with E-state index in [-0.39, 0.29) is 41.8 Å². The SMILES string of the molecule is CC(C)(C)c1ccc2c(c1)B(c1ccccc1)c1cc3c4c5c1N2c1ccc(C(C)(C)C)cc1B5c1cc(C(C)(C)C)ccc1N4c1ccc(C(C)(C)C)cc1B3c1ccccc1. The quantitative estimate of drug-likeness (QED) is 0.162. The van der Waals surface area contributed by atoms with E-state index in [4.69, 9.17) is 0 Å². The van der Waals surface area contributed by atoms with E-state index in [9.17, 15) is 0 Å². The Hall–Kier alpha value is -5.67. The van der Waals surface area contributed by atoms with Crippen LogP contribution in [0.5, 0.6) is 0 Å². The molecule has 4 aliphatic heterocycles. The summed E-state index contributed by atoms with van der Waals surface area (Å²) >= 11 is 0. The summed E-state index contributed by atoms with van der Waals surface area (Å²) in [6.45, 7) is 28.4. The minimum Gasteiger partial charge on any atom is -0.312 e. The molecule has 310 valence electrons. The highest BCUT2D eigenvalue weighted by Gasteiger charge is 2.52. The van der Waals surface area contributed by atoms with Crippen molar-refractivity contribution in [3.05, 3.63) is 162 Å². The van der Waals surface area contributed by atoms with Gasteiger partial charge in [0.1, 0.15) is 0 Å². The van der Waals surface area contributed by atoms with Gasteiger partial charge in [0.2, 0.25) is 13.4 Å². The summed E-state index contributed by atoms with van der Waals surface area (Å²) in [6.07, 6.45) is 0. The third-order valence-electron chi connectivity index (χ3n) is 14.8. The minimum absolute atomic E-state index is 0.00719. The van der Waals surface area contributed by atoms with Crippen LogP contribution in [0, 0.1) is 0 Å². The van der Waals surface area contributed by atoms with E-state index in [1.165, 1.54) is 106 Å². The molecule has 0 aliphatic carbocycles. The molecule has 63 heavy (non-hydrogen) atoms. The normalized spacial score (nSPS) is 14.8. The van der Waals surface area contributed by atoms with Crippen molar-refractivity contribution in [1.29, 1.82) is 0 Å². The predicted molar refractivity (Wildman–Crippen MR) is 277 cm³/mol. The van der Waals surface area contributed by atoms with Crippen LogP contribution in [0.2, 0.25) is 0 Å². The van der Waals surface area contributed by atoms with Crippen LogP contribution in [0.15, 0.2) is 140 Å². The van der Waals surface area contributed by atoms with Gasteiger partial charge in [0.15, 0.2) is 0 Å². The predicted octanol–water partition coefficient (Wildman–Crippen LogP) is 8.62.